The van der Waals surface area contributed by atoms with Gasteiger partial charge in [-0.3, -0.25) is 9.36 Å². The van der Waals surface area contributed by atoms with Crippen LogP contribution in [0, 0.1) is 0 Å². The molecule has 0 aliphatic rings. The second-order valence-electron chi connectivity index (χ2n) is 4.19. The zero-order valence-electron chi connectivity index (χ0n) is 9.94. The largest absolute Gasteiger partial charge is 0.550 e. The molecule has 0 fully saturated rings. The average molecular weight is 256 g/mol. The van der Waals surface area contributed by atoms with Gasteiger partial charge in [0, 0.05) is 31.3 Å². The first kappa shape index (κ1) is 11.5. The number of hydrogen-bond donors (Lipinski definition) is 0. The molecule has 6 nitrogen and oxygen atoms in total. The Bertz CT molecular complexity index is 832. The van der Waals surface area contributed by atoms with Crippen LogP contribution in [0.2, 0.25) is 0 Å². The molecule has 6 heteroatoms. The summed E-state index contributed by atoms with van der Waals surface area (Å²) in [6, 6.07) is 7.08. The molecule has 0 spiro atoms. The van der Waals surface area contributed by atoms with Gasteiger partial charge < -0.3 is 14.3 Å². The first-order chi connectivity index (χ1) is 9.18. The van der Waals surface area contributed by atoms with Crippen LogP contribution >= 0.6 is 0 Å². The molecule has 3 rings (SSSR count). The van der Waals surface area contributed by atoms with E-state index in [0.29, 0.717) is 11.2 Å². The zero-order valence-corrected chi connectivity index (χ0v) is 9.94. The van der Waals surface area contributed by atoms with Gasteiger partial charge in [0.25, 0.3) is 5.56 Å². The Morgan fingerprint density at radius 3 is 2.84 bits per heavy atom. The van der Waals surface area contributed by atoms with Crippen molar-refractivity contribution in [2.24, 2.45) is 0 Å². The number of aromatic nitrogens is 3. The normalized spacial score (nSPS) is 11.2. The van der Waals surface area contributed by atoms with Gasteiger partial charge in [-0.05, 0) is 24.3 Å². The van der Waals surface area contributed by atoms with E-state index in [0.717, 1.165) is 5.52 Å². The molecule has 0 bridgehead atoms. The van der Waals surface area contributed by atoms with Gasteiger partial charge in [-0.2, -0.15) is 0 Å². The molecule has 0 aliphatic heterocycles. The summed E-state index contributed by atoms with van der Waals surface area (Å²) in [5.74, 6) is -1.19. The molecule has 0 N–H and O–H groups in total. The summed E-state index contributed by atoms with van der Waals surface area (Å²) in [4.78, 5) is 27.1. The number of carbonyl (C=O) groups excluding carboxylic acids is 1. The van der Waals surface area contributed by atoms with Gasteiger partial charge in [0.05, 0.1) is 5.52 Å². The van der Waals surface area contributed by atoms with E-state index in [9.17, 15) is 14.7 Å². The molecule has 3 aromatic rings. The molecule has 0 saturated carbocycles. The fourth-order valence-corrected chi connectivity index (χ4v) is 2.19. The van der Waals surface area contributed by atoms with Gasteiger partial charge in [-0.25, -0.2) is 4.98 Å². The van der Waals surface area contributed by atoms with Gasteiger partial charge in [-0.15, -0.1) is 0 Å². The van der Waals surface area contributed by atoms with Crippen molar-refractivity contribution in [1.82, 2.24) is 14.0 Å². The van der Waals surface area contributed by atoms with Crippen molar-refractivity contribution < 1.29 is 9.90 Å². The topological polar surface area (TPSA) is 79.4 Å². The van der Waals surface area contributed by atoms with Crippen molar-refractivity contribution in [3.63, 3.8) is 0 Å². The van der Waals surface area contributed by atoms with Crippen LogP contribution in [-0.4, -0.2) is 19.9 Å². The van der Waals surface area contributed by atoms with E-state index in [4.69, 9.17) is 0 Å². The molecule has 0 saturated heterocycles. The fraction of sp³-hybridized carbons (Fsp3) is 0.154. The third kappa shape index (κ3) is 1.77. The Labute approximate surface area is 107 Å². The SMILES string of the molecule is O=C([O-])CCn1c(=O)c2cccn2c2cccnc21. The number of carbonyl (C=O) groups is 1. The lowest BCUT2D eigenvalue weighted by molar-refractivity contribution is -0.305. The number of nitrogens with zero attached hydrogens (tertiary/aromatic N) is 3. The van der Waals surface area contributed by atoms with Crippen LogP contribution in [-0.2, 0) is 11.3 Å². The van der Waals surface area contributed by atoms with Crippen molar-refractivity contribution in [1.29, 1.82) is 0 Å². The molecule has 3 heterocycles. The summed E-state index contributed by atoms with van der Waals surface area (Å²) in [6.45, 7) is 0.0519. The first-order valence-corrected chi connectivity index (χ1v) is 5.83. The monoisotopic (exact) mass is 256 g/mol. The smallest absolute Gasteiger partial charge is 0.276 e. The highest BCUT2D eigenvalue weighted by Crippen LogP contribution is 2.12. The van der Waals surface area contributed by atoms with Crippen molar-refractivity contribution >= 4 is 22.6 Å². The van der Waals surface area contributed by atoms with E-state index in [2.05, 4.69) is 4.98 Å². The molecule has 3 aromatic heterocycles. The van der Waals surface area contributed by atoms with E-state index in [-0.39, 0.29) is 18.5 Å². The van der Waals surface area contributed by atoms with Crippen LogP contribution < -0.4 is 10.7 Å². The summed E-state index contributed by atoms with van der Waals surface area (Å²) >= 11 is 0. The molecule has 0 atom stereocenters. The van der Waals surface area contributed by atoms with E-state index >= 15 is 0 Å². The summed E-state index contributed by atoms with van der Waals surface area (Å²) in [5, 5.41) is 10.6. The third-order valence-electron chi connectivity index (χ3n) is 3.03. The van der Waals surface area contributed by atoms with E-state index < -0.39 is 5.97 Å². The number of fused-ring (bicyclic) bond motifs is 3. The van der Waals surface area contributed by atoms with Crippen molar-refractivity contribution in [2.75, 3.05) is 0 Å². The van der Waals surface area contributed by atoms with Gasteiger partial charge in [-0.1, -0.05) is 0 Å². The predicted octanol–water partition coefficient (Wildman–Crippen LogP) is -0.211. The van der Waals surface area contributed by atoms with Crippen LogP contribution in [0.3, 0.4) is 0 Å². The summed E-state index contributed by atoms with van der Waals surface area (Å²) in [5.41, 5.74) is 1.48. The Hall–Kier alpha value is -2.63. The number of rotatable bonds is 3. The Balaban J connectivity index is 2.35. The fourth-order valence-electron chi connectivity index (χ4n) is 2.19. The maximum absolute atomic E-state index is 12.3. The van der Waals surface area contributed by atoms with Crippen molar-refractivity contribution in [2.45, 2.75) is 13.0 Å². The molecular formula is C13H10N3O3-. The number of aryl methyl sites for hydroxylation is 1. The number of carboxylic acids is 1. The van der Waals surface area contributed by atoms with E-state index in [1.54, 1.807) is 35.0 Å². The highest BCUT2D eigenvalue weighted by molar-refractivity contribution is 5.75. The standard InChI is InChI=1S/C13H11N3O3/c17-11(18)5-8-16-12-9(3-1-6-14-12)15-7-2-4-10(15)13(16)19/h1-4,6-7H,5,8H2,(H,17,18)/p-1. The quantitative estimate of drug-likeness (QED) is 0.649. The van der Waals surface area contributed by atoms with Crippen molar-refractivity contribution in [3.05, 3.63) is 47.0 Å². The lowest BCUT2D eigenvalue weighted by Crippen LogP contribution is -2.28. The van der Waals surface area contributed by atoms with Crippen molar-refractivity contribution in [3.8, 4) is 0 Å². The molecule has 0 radical (unpaired) electrons. The molecule has 0 unspecified atom stereocenters. The third-order valence-corrected chi connectivity index (χ3v) is 3.03. The number of aliphatic carboxylic acids is 1. The highest BCUT2D eigenvalue weighted by atomic mass is 16.4. The molecule has 19 heavy (non-hydrogen) atoms. The lowest BCUT2D eigenvalue weighted by Gasteiger charge is -2.11. The second kappa shape index (κ2) is 4.24. The number of pyridine rings is 1. The van der Waals surface area contributed by atoms with Crippen LogP contribution in [0.15, 0.2) is 41.5 Å². The molecule has 96 valence electrons. The Morgan fingerprint density at radius 2 is 2.05 bits per heavy atom. The summed E-state index contributed by atoms with van der Waals surface area (Å²) in [7, 11) is 0. The van der Waals surface area contributed by atoms with Gasteiger partial charge >= 0.3 is 0 Å². The van der Waals surface area contributed by atoms with Gasteiger partial charge in [0.15, 0.2) is 5.65 Å². The minimum absolute atomic E-state index is 0.0519. The number of hydrogen-bond acceptors (Lipinski definition) is 4. The molecule has 0 aromatic carbocycles. The van der Waals surface area contributed by atoms with E-state index in [1.807, 2.05) is 6.07 Å². The maximum Gasteiger partial charge on any atom is 0.276 e. The molecule has 0 amide bonds. The summed E-state index contributed by atoms with van der Waals surface area (Å²) < 4.78 is 3.13. The van der Waals surface area contributed by atoms with Gasteiger partial charge in [0.2, 0.25) is 0 Å². The van der Waals surface area contributed by atoms with Crippen LogP contribution in [0.25, 0.3) is 16.7 Å². The highest BCUT2D eigenvalue weighted by Gasteiger charge is 2.10. The minimum Gasteiger partial charge on any atom is -0.550 e. The minimum atomic E-state index is -1.19. The van der Waals surface area contributed by atoms with Gasteiger partial charge in [0.1, 0.15) is 5.52 Å². The summed E-state index contributed by atoms with van der Waals surface area (Å²) in [6.07, 6.45) is 3.14. The van der Waals surface area contributed by atoms with Crippen LogP contribution in [0.1, 0.15) is 6.42 Å². The maximum atomic E-state index is 12.3. The lowest BCUT2D eigenvalue weighted by atomic mass is 10.3. The predicted molar refractivity (Wildman–Crippen MR) is 66.6 cm³/mol. The second-order valence-corrected chi connectivity index (χ2v) is 4.19. The van der Waals surface area contributed by atoms with E-state index in [1.165, 1.54) is 4.57 Å². The molecule has 0 aliphatic carbocycles. The number of carboxylic acid groups (broad SMARTS) is 1. The van der Waals surface area contributed by atoms with Crippen LogP contribution in [0.4, 0.5) is 0 Å². The Morgan fingerprint density at radius 1 is 1.26 bits per heavy atom. The Kier molecular flexibility index (Phi) is 2.56. The van der Waals surface area contributed by atoms with Crippen LogP contribution in [0.5, 0.6) is 0 Å². The first-order valence-electron chi connectivity index (χ1n) is 5.83. The average Bonchev–Trinajstić information content (AvgIpc) is 2.88. The zero-order chi connectivity index (χ0) is 13.4. The molecular weight excluding hydrogens is 246 g/mol.